The highest BCUT2D eigenvalue weighted by molar-refractivity contribution is 6.42. The molecule has 2 aromatic carbocycles. The summed E-state index contributed by atoms with van der Waals surface area (Å²) < 4.78 is 12.7. The van der Waals surface area contributed by atoms with Crippen LogP contribution in [0.1, 0.15) is 5.56 Å². The monoisotopic (exact) mass is 382 g/mol. The van der Waals surface area contributed by atoms with Gasteiger partial charge < -0.3 is 10.6 Å². The number of urea groups is 1. The Bertz CT molecular complexity index is 797. The van der Waals surface area contributed by atoms with Crippen LogP contribution < -0.4 is 16.1 Å². The van der Waals surface area contributed by atoms with Crippen LogP contribution >= 0.6 is 23.2 Å². The molecule has 6 nitrogen and oxygen atoms in total. The van der Waals surface area contributed by atoms with Gasteiger partial charge in [-0.3, -0.25) is 4.79 Å². The number of nitrogens with zero attached hydrogens (tertiary/aromatic N) is 1. The Morgan fingerprint density at radius 2 is 1.80 bits per heavy atom. The van der Waals surface area contributed by atoms with Gasteiger partial charge in [0.2, 0.25) is 0 Å². The second-order valence-corrected chi connectivity index (χ2v) is 5.60. The molecule has 0 spiro atoms. The van der Waals surface area contributed by atoms with Crippen molar-refractivity contribution in [3.8, 4) is 0 Å². The fourth-order valence-corrected chi connectivity index (χ4v) is 1.98. The second kappa shape index (κ2) is 9.00. The summed E-state index contributed by atoms with van der Waals surface area (Å²) in [6.45, 7) is -0.284. The predicted octanol–water partition coefficient (Wildman–Crippen LogP) is 3.40. The smallest absolute Gasteiger partial charge is 0.319 e. The van der Waals surface area contributed by atoms with Gasteiger partial charge in [-0.2, -0.15) is 5.10 Å². The molecule has 0 aromatic heterocycles. The number of benzene rings is 2. The van der Waals surface area contributed by atoms with Crippen LogP contribution in [0.25, 0.3) is 0 Å². The summed E-state index contributed by atoms with van der Waals surface area (Å²) in [5.41, 5.74) is 3.29. The number of halogens is 3. The average molecular weight is 383 g/mol. The molecule has 25 heavy (non-hydrogen) atoms. The summed E-state index contributed by atoms with van der Waals surface area (Å²) in [4.78, 5) is 23.3. The molecule has 0 saturated carbocycles. The highest BCUT2D eigenvalue weighted by Crippen LogP contribution is 2.24. The molecule has 130 valence electrons. The molecular formula is C16H13Cl2FN4O2. The summed E-state index contributed by atoms with van der Waals surface area (Å²) in [5.74, 6) is -0.888. The lowest BCUT2D eigenvalue weighted by Gasteiger charge is -2.07. The Morgan fingerprint density at radius 1 is 1.08 bits per heavy atom. The first kappa shape index (κ1) is 18.7. The molecule has 0 aliphatic carbocycles. The lowest BCUT2D eigenvalue weighted by Crippen LogP contribution is -2.37. The third-order valence-electron chi connectivity index (χ3n) is 2.86. The number of carbonyl (C=O) groups is 2. The number of hydrogen-bond donors (Lipinski definition) is 3. The van der Waals surface area contributed by atoms with Gasteiger partial charge >= 0.3 is 6.03 Å². The van der Waals surface area contributed by atoms with Gasteiger partial charge in [-0.1, -0.05) is 35.3 Å². The Balaban J connectivity index is 1.74. The molecule has 3 N–H and O–H groups in total. The quantitative estimate of drug-likeness (QED) is 0.546. The molecule has 0 saturated heterocycles. The second-order valence-electron chi connectivity index (χ2n) is 4.78. The van der Waals surface area contributed by atoms with Crippen molar-refractivity contribution in [1.82, 2.24) is 10.7 Å². The maximum absolute atomic E-state index is 12.7. The van der Waals surface area contributed by atoms with E-state index < -0.39 is 11.9 Å². The molecule has 0 fully saturated rings. The minimum atomic E-state index is -0.587. The maximum Gasteiger partial charge on any atom is 0.319 e. The molecule has 0 heterocycles. The first-order valence-electron chi connectivity index (χ1n) is 7.01. The van der Waals surface area contributed by atoms with Gasteiger partial charge in [-0.25, -0.2) is 14.6 Å². The van der Waals surface area contributed by atoms with Crippen molar-refractivity contribution >= 4 is 47.0 Å². The first-order valence-corrected chi connectivity index (χ1v) is 7.77. The summed E-state index contributed by atoms with van der Waals surface area (Å²) in [6.07, 6.45) is 1.35. The van der Waals surface area contributed by atoms with E-state index in [1.165, 1.54) is 42.6 Å². The first-order chi connectivity index (χ1) is 11.9. The molecule has 2 rings (SSSR count). The van der Waals surface area contributed by atoms with E-state index >= 15 is 0 Å². The number of hydrogen-bond acceptors (Lipinski definition) is 3. The van der Waals surface area contributed by atoms with E-state index in [2.05, 4.69) is 21.2 Å². The number of amides is 3. The van der Waals surface area contributed by atoms with Crippen molar-refractivity contribution in [3.63, 3.8) is 0 Å². The highest BCUT2D eigenvalue weighted by atomic mass is 35.5. The number of nitrogens with one attached hydrogen (secondary N) is 3. The average Bonchev–Trinajstić information content (AvgIpc) is 2.58. The van der Waals surface area contributed by atoms with Gasteiger partial charge in [-0.15, -0.1) is 0 Å². The third kappa shape index (κ3) is 6.40. The van der Waals surface area contributed by atoms with E-state index in [0.717, 1.165) is 0 Å². The van der Waals surface area contributed by atoms with Crippen molar-refractivity contribution in [3.05, 3.63) is 63.9 Å². The zero-order chi connectivity index (χ0) is 18.2. The van der Waals surface area contributed by atoms with E-state index in [0.29, 0.717) is 21.3 Å². The van der Waals surface area contributed by atoms with Crippen LogP contribution in [0.3, 0.4) is 0 Å². The van der Waals surface area contributed by atoms with Crippen molar-refractivity contribution in [2.45, 2.75) is 0 Å². The number of rotatable bonds is 5. The van der Waals surface area contributed by atoms with Gasteiger partial charge in [0.05, 0.1) is 16.3 Å². The van der Waals surface area contributed by atoms with E-state index in [-0.39, 0.29) is 12.4 Å². The van der Waals surface area contributed by atoms with Crippen molar-refractivity contribution in [2.75, 3.05) is 11.9 Å². The van der Waals surface area contributed by atoms with Gasteiger partial charge in [0, 0.05) is 5.69 Å². The van der Waals surface area contributed by atoms with Crippen LogP contribution in [0, 0.1) is 5.82 Å². The molecule has 0 aliphatic rings. The third-order valence-corrected chi connectivity index (χ3v) is 3.60. The van der Waals surface area contributed by atoms with Gasteiger partial charge in [0.1, 0.15) is 12.4 Å². The highest BCUT2D eigenvalue weighted by Gasteiger charge is 2.06. The maximum atomic E-state index is 12.7. The Kier molecular flexibility index (Phi) is 6.73. The standard InChI is InChI=1S/C16H13Cl2FN4O2/c17-13-6-5-12(7-14(13)18)22-16(25)20-9-15(24)23-21-8-10-1-3-11(19)4-2-10/h1-8H,9H2,(H,23,24)(H2,20,22,25). The van der Waals surface area contributed by atoms with Gasteiger partial charge in [0.25, 0.3) is 5.91 Å². The molecular weight excluding hydrogens is 370 g/mol. The lowest BCUT2D eigenvalue weighted by atomic mass is 10.2. The Morgan fingerprint density at radius 3 is 2.48 bits per heavy atom. The van der Waals surface area contributed by atoms with Gasteiger partial charge in [-0.05, 0) is 35.9 Å². The molecule has 0 bridgehead atoms. The van der Waals surface area contributed by atoms with Crippen LogP contribution in [0.4, 0.5) is 14.9 Å². The van der Waals surface area contributed by atoms with Crippen LogP contribution in [-0.4, -0.2) is 24.7 Å². The fraction of sp³-hybridized carbons (Fsp3) is 0.0625. The Hall–Kier alpha value is -2.64. The zero-order valence-electron chi connectivity index (χ0n) is 12.7. The summed E-state index contributed by atoms with van der Waals surface area (Å²) >= 11 is 11.6. The fourth-order valence-electron chi connectivity index (χ4n) is 1.68. The number of anilines is 1. The minimum absolute atomic E-state index is 0.284. The molecule has 9 heteroatoms. The molecule has 3 amide bonds. The summed E-state index contributed by atoms with van der Waals surface area (Å²) in [5, 5.41) is 9.23. The Labute approximate surface area is 153 Å². The molecule has 0 unspecified atom stereocenters. The normalized spacial score (nSPS) is 10.5. The number of hydrazone groups is 1. The minimum Gasteiger partial charge on any atom is -0.329 e. The van der Waals surface area contributed by atoms with E-state index in [1.54, 1.807) is 6.07 Å². The van der Waals surface area contributed by atoms with Gasteiger partial charge in [0.15, 0.2) is 0 Å². The van der Waals surface area contributed by atoms with Crippen LogP contribution in [0.2, 0.25) is 10.0 Å². The summed E-state index contributed by atoms with van der Waals surface area (Å²) in [6, 6.07) is 9.57. The molecule has 0 aliphatic heterocycles. The SMILES string of the molecule is O=C(CNC(=O)Nc1ccc(Cl)c(Cl)c1)NN=Cc1ccc(F)cc1. The lowest BCUT2D eigenvalue weighted by molar-refractivity contribution is -0.120. The predicted molar refractivity (Wildman–Crippen MR) is 95.6 cm³/mol. The van der Waals surface area contributed by atoms with Crippen molar-refractivity contribution < 1.29 is 14.0 Å². The van der Waals surface area contributed by atoms with Crippen LogP contribution in [-0.2, 0) is 4.79 Å². The molecule has 2 aromatic rings. The van der Waals surface area contributed by atoms with Crippen molar-refractivity contribution in [2.24, 2.45) is 5.10 Å². The topological polar surface area (TPSA) is 82.6 Å². The van der Waals surface area contributed by atoms with E-state index in [9.17, 15) is 14.0 Å². The van der Waals surface area contributed by atoms with E-state index in [1.807, 2.05) is 0 Å². The van der Waals surface area contributed by atoms with E-state index in [4.69, 9.17) is 23.2 Å². The van der Waals surface area contributed by atoms with Crippen molar-refractivity contribution in [1.29, 1.82) is 0 Å². The molecule has 0 radical (unpaired) electrons. The largest absolute Gasteiger partial charge is 0.329 e. The zero-order valence-corrected chi connectivity index (χ0v) is 14.2. The summed E-state index contributed by atoms with van der Waals surface area (Å²) in [7, 11) is 0. The molecule has 0 atom stereocenters. The van der Waals surface area contributed by atoms with Crippen LogP contribution in [0.15, 0.2) is 47.6 Å². The van der Waals surface area contributed by atoms with Crippen LogP contribution in [0.5, 0.6) is 0 Å². The number of carbonyl (C=O) groups excluding carboxylic acids is 2.